The normalized spacial score (nSPS) is 16.6. The number of hydrogen-bond acceptors (Lipinski definition) is 2. The van der Waals surface area contributed by atoms with Crippen molar-refractivity contribution in [2.75, 3.05) is 18.4 Å². The molecule has 0 saturated heterocycles. The summed E-state index contributed by atoms with van der Waals surface area (Å²) in [5.74, 6) is 0. The van der Waals surface area contributed by atoms with Gasteiger partial charge in [-0.25, -0.2) is 0 Å². The third-order valence-electron chi connectivity index (χ3n) is 2.99. The number of unbranched alkanes of at least 4 members (excludes halogenated alkanes) is 2. The lowest BCUT2D eigenvalue weighted by atomic mass is 10.1. The summed E-state index contributed by atoms with van der Waals surface area (Å²) in [5, 5.41) is 3.39. The molecule has 3 heteroatoms. The highest BCUT2D eigenvalue weighted by Crippen LogP contribution is 2.24. The summed E-state index contributed by atoms with van der Waals surface area (Å²) >= 11 is 5.41. The Morgan fingerprint density at radius 2 is 2.27 bits per heavy atom. The highest BCUT2D eigenvalue weighted by atomic mass is 79.9. The molecule has 2 heterocycles. The van der Waals surface area contributed by atoms with Gasteiger partial charge in [0.2, 0.25) is 0 Å². The van der Waals surface area contributed by atoms with Gasteiger partial charge in [-0.15, -0.1) is 11.3 Å². The fourth-order valence-electron chi connectivity index (χ4n) is 2.10. The van der Waals surface area contributed by atoms with Crippen LogP contribution in [0.25, 0.3) is 0 Å². The van der Waals surface area contributed by atoms with Crippen molar-refractivity contribution in [1.82, 2.24) is 4.90 Å². The molecule has 0 fully saturated rings. The smallest absolute Gasteiger partial charge is 0.0244 e. The van der Waals surface area contributed by atoms with E-state index in [4.69, 9.17) is 0 Å². The highest BCUT2D eigenvalue weighted by molar-refractivity contribution is 9.09. The van der Waals surface area contributed by atoms with E-state index in [1.54, 1.807) is 10.4 Å². The van der Waals surface area contributed by atoms with E-state index < -0.39 is 0 Å². The number of fused-ring (bicyclic) bond motifs is 1. The molecular formula is C12H18BrNS. The Morgan fingerprint density at radius 1 is 1.33 bits per heavy atom. The van der Waals surface area contributed by atoms with Crippen molar-refractivity contribution >= 4 is 27.3 Å². The first-order chi connectivity index (χ1) is 7.40. The van der Waals surface area contributed by atoms with Crippen LogP contribution in [0.15, 0.2) is 11.4 Å². The van der Waals surface area contributed by atoms with E-state index in [9.17, 15) is 0 Å². The Labute approximate surface area is 105 Å². The van der Waals surface area contributed by atoms with Crippen molar-refractivity contribution < 1.29 is 0 Å². The number of halogens is 1. The predicted molar refractivity (Wildman–Crippen MR) is 70.9 cm³/mol. The summed E-state index contributed by atoms with van der Waals surface area (Å²) in [6, 6.07) is 2.30. The van der Waals surface area contributed by atoms with Gasteiger partial charge in [-0.2, -0.15) is 0 Å². The second kappa shape index (κ2) is 6.02. The average molecular weight is 288 g/mol. The van der Waals surface area contributed by atoms with Crippen LogP contribution < -0.4 is 0 Å². The molecular weight excluding hydrogens is 270 g/mol. The SMILES string of the molecule is BrCCCCCN1CCc2sccc2C1. The maximum absolute atomic E-state index is 3.48. The summed E-state index contributed by atoms with van der Waals surface area (Å²) in [7, 11) is 0. The summed E-state index contributed by atoms with van der Waals surface area (Å²) in [4.78, 5) is 4.22. The molecule has 84 valence electrons. The zero-order valence-corrected chi connectivity index (χ0v) is 11.4. The van der Waals surface area contributed by atoms with Crippen molar-refractivity contribution in [2.24, 2.45) is 0 Å². The van der Waals surface area contributed by atoms with E-state index in [-0.39, 0.29) is 0 Å². The lowest BCUT2D eigenvalue weighted by Crippen LogP contribution is -2.30. The molecule has 0 N–H and O–H groups in total. The number of nitrogens with zero attached hydrogens (tertiary/aromatic N) is 1. The second-order valence-corrected chi connectivity index (χ2v) is 5.94. The summed E-state index contributed by atoms with van der Waals surface area (Å²) in [6.07, 6.45) is 5.30. The minimum atomic E-state index is 1.15. The van der Waals surface area contributed by atoms with Crippen molar-refractivity contribution in [3.05, 3.63) is 21.9 Å². The number of hydrogen-bond donors (Lipinski definition) is 0. The third-order valence-corrected chi connectivity index (χ3v) is 4.58. The van der Waals surface area contributed by atoms with Gasteiger partial charge in [0.15, 0.2) is 0 Å². The Hall–Kier alpha value is 0.140. The maximum Gasteiger partial charge on any atom is 0.0244 e. The van der Waals surface area contributed by atoms with Gasteiger partial charge in [0, 0.05) is 23.3 Å². The molecule has 1 aliphatic rings. The van der Waals surface area contributed by atoms with Gasteiger partial charge in [0.1, 0.15) is 0 Å². The van der Waals surface area contributed by atoms with Gasteiger partial charge in [0.05, 0.1) is 0 Å². The van der Waals surface area contributed by atoms with Crippen molar-refractivity contribution in [3.8, 4) is 0 Å². The van der Waals surface area contributed by atoms with Gasteiger partial charge < -0.3 is 0 Å². The van der Waals surface area contributed by atoms with Gasteiger partial charge in [0.25, 0.3) is 0 Å². The molecule has 2 rings (SSSR count). The molecule has 0 unspecified atom stereocenters. The van der Waals surface area contributed by atoms with Crippen LogP contribution in [0.1, 0.15) is 29.7 Å². The molecule has 0 saturated carbocycles. The van der Waals surface area contributed by atoms with Crippen LogP contribution in [0, 0.1) is 0 Å². The molecule has 0 atom stereocenters. The van der Waals surface area contributed by atoms with E-state index in [1.165, 1.54) is 45.3 Å². The number of alkyl halides is 1. The Kier molecular flexibility index (Phi) is 4.66. The summed E-state index contributed by atoms with van der Waals surface area (Å²) < 4.78 is 0. The summed E-state index contributed by atoms with van der Waals surface area (Å²) in [6.45, 7) is 3.73. The van der Waals surface area contributed by atoms with Gasteiger partial charge >= 0.3 is 0 Å². The minimum absolute atomic E-state index is 1.15. The van der Waals surface area contributed by atoms with Crippen LogP contribution in [0.3, 0.4) is 0 Å². The van der Waals surface area contributed by atoms with E-state index in [1.807, 2.05) is 11.3 Å². The molecule has 0 aliphatic carbocycles. The minimum Gasteiger partial charge on any atom is -0.299 e. The Morgan fingerprint density at radius 3 is 3.13 bits per heavy atom. The molecule has 0 amide bonds. The quantitative estimate of drug-likeness (QED) is 0.590. The van der Waals surface area contributed by atoms with Crippen LogP contribution in [-0.4, -0.2) is 23.3 Å². The summed E-state index contributed by atoms with van der Waals surface area (Å²) in [5.41, 5.74) is 1.58. The highest BCUT2D eigenvalue weighted by Gasteiger charge is 2.15. The zero-order valence-electron chi connectivity index (χ0n) is 9.04. The molecule has 0 bridgehead atoms. The average Bonchev–Trinajstić information content (AvgIpc) is 2.71. The molecule has 0 spiro atoms. The number of thiophene rings is 1. The Balaban J connectivity index is 1.73. The lowest BCUT2D eigenvalue weighted by molar-refractivity contribution is 0.251. The predicted octanol–water partition coefficient (Wildman–Crippen LogP) is 3.67. The van der Waals surface area contributed by atoms with Crippen molar-refractivity contribution in [2.45, 2.75) is 32.2 Å². The topological polar surface area (TPSA) is 3.24 Å². The monoisotopic (exact) mass is 287 g/mol. The molecule has 1 aromatic rings. The van der Waals surface area contributed by atoms with Crippen LogP contribution in [0.4, 0.5) is 0 Å². The standard InChI is InChI=1S/C12H18BrNS/c13-6-2-1-3-7-14-8-4-12-11(10-14)5-9-15-12/h5,9H,1-4,6-8,10H2. The van der Waals surface area contributed by atoms with Crippen LogP contribution in [-0.2, 0) is 13.0 Å². The van der Waals surface area contributed by atoms with E-state index >= 15 is 0 Å². The van der Waals surface area contributed by atoms with Crippen LogP contribution >= 0.6 is 27.3 Å². The van der Waals surface area contributed by atoms with Crippen LogP contribution in [0.2, 0.25) is 0 Å². The molecule has 1 aliphatic heterocycles. The van der Waals surface area contributed by atoms with E-state index in [2.05, 4.69) is 32.3 Å². The molecule has 1 nitrogen and oxygen atoms in total. The first-order valence-corrected chi connectivity index (χ1v) is 7.74. The second-order valence-electron chi connectivity index (χ2n) is 4.14. The Bertz CT molecular complexity index is 298. The van der Waals surface area contributed by atoms with Gasteiger partial charge in [-0.3, -0.25) is 4.90 Å². The lowest BCUT2D eigenvalue weighted by Gasteiger charge is -2.26. The largest absolute Gasteiger partial charge is 0.299 e. The van der Waals surface area contributed by atoms with E-state index in [0.717, 1.165) is 5.33 Å². The number of rotatable bonds is 5. The van der Waals surface area contributed by atoms with Gasteiger partial charge in [-0.05, 0) is 42.8 Å². The van der Waals surface area contributed by atoms with Gasteiger partial charge in [-0.1, -0.05) is 22.4 Å². The first-order valence-electron chi connectivity index (χ1n) is 5.73. The molecule has 15 heavy (non-hydrogen) atoms. The van der Waals surface area contributed by atoms with Crippen molar-refractivity contribution in [1.29, 1.82) is 0 Å². The molecule has 1 aromatic heterocycles. The molecule has 0 radical (unpaired) electrons. The first kappa shape index (κ1) is 11.6. The van der Waals surface area contributed by atoms with E-state index in [0.29, 0.717) is 0 Å². The van der Waals surface area contributed by atoms with Crippen molar-refractivity contribution in [3.63, 3.8) is 0 Å². The third kappa shape index (κ3) is 3.30. The maximum atomic E-state index is 3.48. The van der Waals surface area contributed by atoms with Crippen LogP contribution in [0.5, 0.6) is 0 Å². The fraction of sp³-hybridized carbons (Fsp3) is 0.667. The zero-order chi connectivity index (χ0) is 10.5. The molecule has 0 aromatic carbocycles. The fourth-order valence-corrected chi connectivity index (χ4v) is 3.39.